The molecule has 3 aromatic heterocycles. The van der Waals surface area contributed by atoms with Crippen molar-refractivity contribution in [1.29, 1.82) is 0 Å². The molecule has 190 valence electrons. The van der Waals surface area contributed by atoms with Crippen LogP contribution in [0.3, 0.4) is 0 Å². The van der Waals surface area contributed by atoms with E-state index < -0.39 is 7.59 Å². The first-order chi connectivity index (χ1) is 20.2. The molecule has 9 heteroatoms. The number of rotatable bonds is 0. The van der Waals surface area contributed by atoms with Gasteiger partial charge in [0.15, 0.2) is 34.3 Å². The Labute approximate surface area is 230 Å². The van der Waals surface area contributed by atoms with Crippen molar-refractivity contribution in [2.45, 2.75) is 0 Å². The highest BCUT2D eigenvalue weighted by Crippen LogP contribution is 2.62. The second-order valence-corrected chi connectivity index (χ2v) is 12.9. The Kier molecular flexibility index (Phi) is 3.27. The van der Waals surface area contributed by atoms with E-state index in [9.17, 15) is 0 Å². The quantitative estimate of drug-likeness (QED) is 0.217. The van der Waals surface area contributed by atoms with Gasteiger partial charge < -0.3 is 0 Å². The minimum absolute atomic E-state index is 0.560. The molecular weight excluding hydrogens is 529 g/mol. The van der Waals surface area contributed by atoms with Crippen LogP contribution >= 0.6 is 7.59 Å². The molecule has 0 aliphatic carbocycles. The van der Waals surface area contributed by atoms with Gasteiger partial charge in [-0.05, 0) is 0 Å². The Morgan fingerprint density at radius 2 is 0.878 bits per heavy atom. The molecule has 8 nitrogen and oxygen atoms in total. The second-order valence-electron chi connectivity index (χ2n) is 10.7. The van der Waals surface area contributed by atoms with Gasteiger partial charge in [-0.25, -0.2) is 37.5 Å². The molecule has 4 aliphatic rings. The third kappa shape index (κ3) is 2.10. The number of nitrogens with zero attached hydrogens (tertiary/aromatic N) is 7. The maximum absolute atomic E-state index is 16.3. The van der Waals surface area contributed by atoms with Crippen LogP contribution < -0.4 is 11.0 Å². The van der Waals surface area contributed by atoms with Crippen molar-refractivity contribution in [3.8, 4) is 0 Å². The first-order valence-corrected chi connectivity index (χ1v) is 15.0. The lowest BCUT2D eigenvalue weighted by Crippen LogP contribution is -2.29. The minimum Gasteiger partial charge on any atom is -0.248 e. The zero-order valence-electron chi connectivity index (χ0n) is 21.2. The van der Waals surface area contributed by atoms with Crippen molar-refractivity contribution < 1.29 is 4.57 Å². The molecule has 2 bridgehead atoms. The molecule has 1 atom stereocenters. The predicted octanol–water partition coefficient (Wildman–Crippen LogP) is 5.94. The maximum Gasteiger partial charge on any atom is 0.378 e. The number of hydrogen-bond acceptors (Lipinski definition) is 5. The largest absolute Gasteiger partial charge is 0.378 e. The summed E-state index contributed by atoms with van der Waals surface area (Å²) in [6.45, 7) is 0. The van der Waals surface area contributed by atoms with Crippen LogP contribution in [0.1, 0.15) is 11.1 Å². The molecule has 11 rings (SSSR count). The van der Waals surface area contributed by atoms with Crippen LogP contribution in [0.15, 0.2) is 117 Å². The van der Waals surface area contributed by atoms with E-state index in [1.165, 1.54) is 0 Å². The molecule has 0 saturated heterocycles. The van der Waals surface area contributed by atoms with E-state index in [1.54, 1.807) is 0 Å². The van der Waals surface area contributed by atoms with Crippen molar-refractivity contribution in [2.24, 2.45) is 20.0 Å². The highest BCUT2D eigenvalue weighted by Gasteiger charge is 2.46. The smallest absolute Gasteiger partial charge is 0.248 e. The Balaban J connectivity index is 1.54. The molecule has 41 heavy (non-hydrogen) atoms. The lowest BCUT2D eigenvalue weighted by molar-refractivity contribution is 0.551. The highest BCUT2D eigenvalue weighted by molar-refractivity contribution is 7.59. The van der Waals surface area contributed by atoms with E-state index in [1.807, 2.05) is 85.8 Å². The van der Waals surface area contributed by atoms with Crippen LogP contribution in [0.2, 0.25) is 0 Å². The summed E-state index contributed by atoms with van der Waals surface area (Å²) in [5.74, 6) is 2.36. The van der Waals surface area contributed by atoms with E-state index in [0.717, 1.165) is 54.1 Å². The van der Waals surface area contributed by atoms with Gasteiger partial charge in [0, 0.05) is 43.4 Å². The number of aliphatic imine (C=N–C) groups is 2. The number of aromatic nitrogens is 3. The van der Waals surface area contributed by atoms with Crippen molar-refractivity contribution in [2.75, 3.05) is 0 Å². The van der Waals surface area contributed by atoms with Crippen LogP contribution in [0.4, 0.5) is 11.6 Å². The molecule has 0 N–H and O–H groups in total. The first kappa shape index (κ1) is 20.6. The minimum atomic E-state index is -3.70. The van der Waals surface area contributed by atoms with Gasteiger partial charge in [-0.1, -0.05) is 97.1 Å². The van der Waals surface area contributed by atoms with Crippen LogP contribution in [-0.2, 0) is 4.57 Å². The Bertz CT molecular complexity index is 2790. The van der Waals surface area contributed by atoms with Crippen molar-refractivity contribution in [1.82, 2.24) is 13.0 Å². The van der Waals surface area contributed by atoms with Gasteiger partial charge in [-0.15, -0.1) is 0 Å². The summed E-state index contributed by atoms with van der Waals surface area (Å²) in [7, 11) is -3.70. The SMILES string of the molecule is O=P12n3c4c5ccccc5c3N=c3c5ccccc5c(n31)=c1c3ccccc3c(n12)=NC1=NC(=N4)c2ccccc21. The summed E-state index contributed by atoms with van der Waals surface area (Å²) >= 11 is 0. The van der Waals surface area contributed by atoms with Gasteiger partial charge in [0.1, 0.15) is 0 Å². The fourth-order valence-corrected chi connectivity index (χ4v) is 10.2. The van der Waals surface area contributed by atoms with E-state index in [4.69, 9.17) is 20.0 Å². The Morgan fingerprint density at radius 1 is 0.439 bits per heavy atom. The fourth-order valence-electron chi connectivity index (χ4n) is 7.11. The Hall–Kier alpha value is -5.33. The summed E-state index contributed by atoms with van der Waals surface area (Å²) < 4.78 is 22.1. The monoisotopic (exact) mass is 545 g/mol. The molecule has 0 amide bonds. The Morgan fingerprint density at radius 3 is 1.46 bits per heavy atom. The topological polar surface area (TPSA) is 81.3 Å². The normalized spacial score (nSPS) is 18.6. The summed E-state index contributed by atoms with van der Waals surface area (Å²) in [6, 6.07) is 32.5. The van der Waals surface area contributed by atoms with E-state index in [2.05, 4.69) is 24.3 Å². The number of hydrogen-bond donors (Lipinski definition) is 0. The molecule has 0 saturated carbocycles. The molecule has 7 aromatic rings. The number of benzene rings is 4. The lowest BCUT2D eigenvalue weighted by atomic mass is 10.1. The second kappa shape index (κ2) is 6.52. The van der Waals surface area contributed by atoms with Crippen LogP contribution in [0.25, 0.3) is 32.3 Å². The predicted molar refractivity (Wildman–Crippen MR) is 158 cm³/mol. The third-order valence-corrected chi connectivity index (χ3v) is 11.5. The summed E-state index contributed by atoms with van der Waals surface area (Å²) in [5, 5.41) is 7.49. The summed E-state index contributed by atoms with van der Waals surface area (Å²) in [6.07, 6.45) is 0. The van der Waals surface area contributed by atoms with Crippen molar-refractivity contribution >= 4 is 63.2 Å². The highest BCUT2D eigenvalue weighted by atomic mass is 31.2. The van der Waals surface area contributed by atoms with Crippen LogP contribution in [0.5, 0.6) is 0 Å². The standard InChI is InChI=1S/C32H16N7OP/c40-41-37-25-17-9-1-5-13-21(17)29(37)34-27-19-11-3-4-12-20(19)28(33-27)35-30-23-15-7-8-16-24(23)32(39(30)41)36-31-22-14-6-2-10-18(22)26(25)38(31)41/h1-16H. The zero-order chi connectivity index (χ0) is 26.6. The van der Waals surface area contributed by atoms with Gasteiger partial charge in [0.25, 0.3) is 0 Å². The van der Waals surface area contributed by atoms with E-state index in [-0.39, 0.29) is 0 Å². The average Bonchev–Trinajstić information content (AvgIpc) is 3.77. The van der Waals surface area contributed by atoms with Gasteiger partial charge in [0.05, 0.1) is 10.7 Å². The van der Waals surface area contributed by atoms with Gasteiger partial charge in [-0.3, -0.25) is 0 Å². The van der Waals surface area contributed by atoms with Gasteiger partial charge in [-0.2, -0.15) is 0 Å². The third-order valence-electron chi connectivity index (χ3n) is 8.74. The van der Waals surface area contributed by atoms with E-state index in [0.29, 0.717) is 34.3 Å². The molecule has 1 unspecified atom stereocenters. The molecule has 7 heterocycles. The zero-order valence-corrected chi connectivity index (χ0v) is 22.1. The van der Waals surface area contributed by atoms with Crippen molar-refractivity contribution in [3.05, 3.63) is 130 Å². The van der Waals surface area contributed by atoms with Crippen molar-refractivity contribution in [3.63, 3.8) is 0 Å². The molecule has 4 aliphatic heterocycles. The van der Waals surface area contributed by atoms with Crippen LogP contribution in [0, 0.1) is 10.7 Å². The molecule has 0 spiro atoms. The van der Waals surface area contributed by atoms with E-state index >= 15 is 4.57 Å². The molecule has 0 radical (unpaired) electrons. The fraction of sp³-hybridized carbons (Fsp3) is 0. The molecule has 0 fully saturated rings. The first-order valence-electron chi connectivity index (χ1n) is 13.5. The summed E-state index contributed by atoms with van der Waals surface area (Å²) in [4.78, 5) is 20.6. The lowest BCUT2D eigenvalue weighted by Gasteiger charge is -2.25. The van der Waals surface area contributed by atoms with Gasteiger partial charge in [0.2, 0.25) is 0 Å². The average molecular weight is 546 g/mol. The maximum atomic E-state index is 16.3. The number of fused-ring (bicyclic) bond motifs is 13. The van der Waals surface area contributed by atoms with Gasteiger partial charge >= 0.3 is 7.59 Å². The molecule has 4 aromatic carbocycles. The summed E-state index contributed by atoms with van der Waals surface area (Å²) in [5.41, 5.74) is 3.15. The molecular formula is C32H16N7OP. The van der Waals surface area contributed by atoms with Crippen LogP contribution in [-0.4, -0.2) is 24.7 Å². The number of amidine groups is 2.